The highest BCUT2D eigenvalue weighted by molar-refractivity contribution is 5.82. The molecule has 1 fully saturated rings. The highest BCUT2D eigenvalue weighted by Gasteiger charge is 2.40. The maximum Gasteiger partial charge on any atom is 0.252 e. The summed E-state index contributed by atoms with van der Waals surface area (Å²) in [4.78, 5) is 10.8. The normalized spacial score (nSPS) is 42.5. The maximum absolute atomic E-state index is 10.8. The number of hydrogen-bond acceptors (Lipinski definition) is 5. The summed E-state index contributed by atoms with van der Waals surface area (Å²) in [6.07, 6.45) is -4.48. The van der Waals surface area contributed by atoms with E-state index >= 15 is 0 Å². The molecule has 0 bridgehead atoms. The standard InChI is InChI=1S/C6H11NO5/c8-1-2-3(9)4(10)5(11)6(12)7-2/h2-5,8-11H,1H2,(H,7,12)/t2-,3+,4-,5+/m0/s1. The van der Waals surface area contributed by atoms with E-state index in [1.807, 2.05) is 0 Å². The van der Waals surface area contributed by atoms with E-state index in [9.17, 15) is 4.79 Å². The number of amides is 1. The molecule has 70 valence electrons. The van der Waals surface area contributed by atoms with Crippen molar-refractivity contribution in [3.05, 3.63) is 0 Å². The molecule has 0 saturated carbocycles. The Hall–Kier alpha value is -0.690. The molecule has 1 aliphatic rings. The van der Waals surface area contributed by atoms with Crippen LogP contribution in [0.15, 0.2) is 0 Å². The molecule has 0 aliphatic carbocycles. The molecular weight excluding hydrogens is 166 g/mol. The number of aliphatic hydroxyl groups is 4. The molecule has 1 amide bonds. The van der Waals surface area contributed by atoms with Crippen LogP contribution in [-0.4, -0.2) is 57.3 Å². The van der Waals surface area contributed by atoms with E-state index in [1.165, 1.54) is 0 Å². The summed E-state index contributed by atoms with van der Waals surface area (Å²) in [5.41, 5.74) is 0. The van der Waals surface area contributed by atoms with Crippen molar-refractivity contribution in [2.45, 2.75) is 24.4 Å². The van der Waals surface area contributed by atoms with Gasteiger partial charge in [-0.25, -0.2) is 0 Å². The lowest BCUT2D eigenvalue weighted by molar-refractivity contribution is -0.155. The fraction of sp³-hybridized carbons (Fsp3) is 0.833. The van der Waals surface area contributed by atoms with Gasteiger partial charge in [0.1, 0.15) is 12.2 Å². The Labute approximate surface area is 68.4 Å². The summed E-state index contributed by atoms with van der Waals surface area (Å²) in [5, 5.41) is 37.9. The second-order valence-corrected chi connectivity index (χ2v) is 2.72. The minimum absolute atomic E-state index is 0.476. The Morgan fingerprint density at radius 1 is 1.25 bits per heavy atom. The first-order chi connectivity index (χ1) is 5.57. The van der Waals surface area contributed by atoms with Crippen LogP contribution in [0.4, 0.5) is 0 Å². The molecule has 0 aromatic carbocycles. The van der Waals surface area contributed by atoms with Crippen LogP contribution in [0.25, 0.3) is 0 Å². The number of carbonyl (C=O) groups excluding carboxylic acids is 1. The molecule has 0 unspecified atom stereocenters. The van der Waals surface area contributed by atoms with Crippen molar-refractivity contribution in [3.63, 3.8) is 0 Å². The van der Waals surface area contributed by atoms with Crippen LogP contribution >= 0.6 is 0 Å². The molecule has 1 heterocycles. The van der Waals surface area contributed by atoms with Crippen molar-refractivity contribution in [1.29, 1.82) is 0 Å². The molecule has 1 aliphatic heterocycles. The third kappa shape index (κ3) is 1.42. The van der Waals surface area contributed by atoms with E-state index in [0.717, 1.165) is 0 Å². The molecule has 0 radical (unpaired) electrons. The number of carbonyl (C=O) groups is 1. The van der Waals surface area contributed by atoms with Gasteiger partial charge >= 0.3 is 0 Å². The van der Waals surface area contributed by atoms with Gasteiger partial charge < -0.3 is 25.7 Å². The molecule has 0 aromatic rings. The molecule has 6 nitrogen and oxygen atoms in total. The summed E-state index contributed by atoms with van der Waals surface area (Å²) < 4.78 is 0. The average Bonchev–Trinajstić information content (AvgIpc) is 2.08. The summed E-state index contributed by atoms with van der Waals surface area (Å²) in [5.74, 6) is -0.785. The van der Waals surface area contributed by atoms with Crippen LogP contribution in [0.5, 0.6) is 0 Å². The van der Waals surface area contributed by atoms with Crippen molar-refractivity contribution in [2.75, 3.05) is 6.61 Å². The van der Waals surface area contributed by atoms with Crippen molar-refractivity contribution in [3.8, 4) is 0 Å². The lowest BCUT2D eigenvalue weighted by atomic mass is 9.96. The van der Waals surface area contributed by atoms with Gasteiger partial charge in [-0.1, -0.05) is 0 Å². The van der Waals surface area contributed by atoms with E-state index in [4.69, 9.17) is 20.4 Å². The largest absolute Gasteiger partial charge is 0.394 e. The second kappa shape index (κ2) is 3.36. The maximum atomic E-state index is 10.8. The van der Waals surface area contributed by atoms with Crippen LogP contribution in [0.3, 0.4) is 0 Å². The third-order valence-corrected chi connectivity index (χ3v) is 1.88. The van der Waals surface area contributed by atoms with Crippen molar-refractivity contribution >= 4 is 5.91 Å². The number of rotatable bonds is 1. The van der Waals surface area contributed by atoms with Crippen LogP contribution < -0.4 is 5.32 Å². The lowest BCUT2D eigenvalue weighted by Gasteiger charge is -2.34. The predicted octanol–water partition coefficient (Wildman–Crippen LogP) is -3.44. The van der Waals surface area contributed by atoms with Gasteiger partial charge in [0, 0.05) is 0 Å². The molecule has 1 saturated heterocycles. The van der Waals surface area contributed by atoms with Crippen molar-refractivity contribution < 1.29 is 25.2 Å². The molecule has 0 aromatic heterocycles. The van der Waals surface area contributed by atoms with Gasteiger partial charge in [-0.05, 0) is 0 Å². The summed E-state index contributed by atoms with van der Waals surface area (Å²) in [6.45, 7) is -0.476. The highest BCUT2D eigenvalue weighted by Crippen LogP contribution is 2.10. The average molecular weight is 177 g/mol. The van der Waals surface area contributed by atoms with E-state index < -0.39 is 36.9 Å². The number of aliphatic hydroxyl groups excluding tert-OH is 4. The van der Waals surface area contributed by atoms with Gasteiger partial charge in [-0.3, -0.25) is 4.79 Å². The fourth-order valence-corrected chi connectivity index (χ4v) is 1.09. The summed E-state index contributed by atoms with van der Waals surface area (Å²) in [7, 11) is 0. The van der Waals surface area contributed by atoms with E-state index in [-0.39, 0.29) is 0 Å². The Morgan fingerprint density at radius 3 is 2.33 bits per heavy atom. The minimum atomic E-state index is -1.62. The Morgan fingerprint density at radius 2 is 1.83 bits per heavy atom. The number of nitrogens with one attached hydrogen (secondary N) is 1. The Bertz CT molecular complexity index is 183. The molecule has 1 rings (SSSR count). The first-order valence-electron chi connectivity index (χ1n) is 3.53. The van der Waals surface area contributed by atoms with Crippen LogP contribution in [0.1, 0.15) is 0 Å². The number of piperidine rings is 1. The zero-order valence-electron chi connectivity index (χ0n) is 6.21. The van der Waals surface area contributed by atoms with Gasteiger partial charge in [0.25, 0.3) is 5.91 Å². The summed E-state index contributed by atoms with van der Waals surface area (Å²) in [6, 6.07) is -0.907. The quantitative estimate of drug-likeness (QED) is 0.286. The zero-order valence-corrected chi connectivity index (χ0v) is 6.21. The van der Waals surface area contributed by atoms with E-state index in [2.05, 4.69) is 5.32 Å². The lowest BCUT2D eigenvalue weighted by Crippen LogP contribution is -2.63. The molecule has 12 heavy (non-hydrogen) atoms. The first kappa shape index (κ1) is 9.40. The zero-order chi connectivity index (χ0) is 9.30. The second-order valence-electron chi connectivity index (χ2n) is 2.72. The fourth-order valence-electron chi connectivity index (χ4n) is 1.09. The molecule has 5 N–H and O–H groups in total. The smallest absolute Gasteiger partial charge is 0.252 e. The van der Waals surface area contributed by atoms with Crippen LogP contribution in [-0.2, 0) is 4.79 Å². The molecule has 0 spiro atoms. The van der Waals surface area contributed by atoms with Gasteiger partial charge in [-0.15, -0.1) is 0 Å². The minimum Gasteiger partial charge on any atom is -0.394 e. The Balaban J connectivity index is 2.70. The van der Waals surface area contributed by atoms with Crippen LogP contribution in [0.2, 0.25) is 0 Å². The van der Waals surface area contributed by atoms with E-state index in [0.29, 0.717) is 0 Å². The highest BCUT2D eigenvalue weighted by atomic mass is 16.4. The Kier molecular flexibility index (Phi) is 2.63. The first-order valence-corrected chi connectivity index (χ1v) is 3.53. The summed E-state index contributed by atoms with van der Waals surface area (Å²) >= 11 is 0. The SMILES string of the molecule is O=C1N[C@@H](CO)[C@@H](O)[C@H](O)[C@H]1O. The van der Waals surface area contributed by atoms with Crippen molar-refractivity contribution in [2.24, 2.45) is 0 Å². The third-order valence-electron chi connectivity index (χ3n) is 1.88. The molecule has 6 heteroatoms. The van der Waals surface area contributed by atoms with Crippen molar-refractivity contribution in [1.82, 2.24) is 5.32 Å². The predicted molar refractivity (Wildman–Crippen MR) is 37.0 cm³/mol. The van der Waals surface area contributed by atoms with Gasteiger partial charge in [0.05, 0.1) is 12.6 Å². The number of hydrogen-bond donors (Lipinski definition) is 5. The molecule has 4 atom stereocenters. The van der Waals surface area contributed by atoms with Gasteiger partial charge in [-0.2, -0.15) is 0 Å². The monoisotopic (exact) mass is 177 g/mol. The molecular formula is C6H11NO5. The van der Waals surface area contributed by atoms with Crippen LogP contribution in [0, 0.1) is 0 Å². The topological polar surface area (TPSA) is 110 Å². The van der Waals surface area contributed by atoms with E-state index in [1.54, 1.807) is 0 Å². The van der Waals surface area contributed by atoms with Gasteiger partial charge in [0.15, 0.2) is 6.10 Å². The van der Waals surface area contributed by atoms with Gasteiger partial charge in [0.2, 0.25) is 0 Å².